The van der Waals surface area contributed by atoms with Crippen LogP contribution in [0.15, 0.2) is 30.3 Å². The summed E-state index contributed by atoms with van der Waals surface area (Å²) in [7, 11) is 0. The van der Waals surface area contributed by atoms with Gasteiger partial charge in [-0.3, -0.25) is 9.59 Å². The summed E-state index contributed by atoms with van der Waals surface area (Å²) in [6.07, 6.45) is 3.03. The largest absolute Gasteiger partial charge is 0.343 e. The lowest BCUT2D eigenvalue weighted by Gasteiger charge is -2.33. The molecule has 1 aromatic rings. The molecule has 22 heavy (non-hydrogen) atoms. The monoisotopic (exact) mass is 325 g/mol. The molecule has 1 saturated heterocycles. The normalized spacial score (nSPS) is 19.3. The zero-order valence-electron chi connectivity index (χ0n) is 12.8. The molecule has 2 atom stereocenters. The van der Waals surface area contributed by atoms with E-state index in [-0.39, 0.29) is 24.2 Å². The third-order valence-electron chi connectivity index (χ3n) is 3.76. The highest BCUT2D eigenvalue weighted by Gasteiger charge is 2.31. The van der Waals surface area contributed by atoms with Gasteiger partial charge in [-0.15, -0.1) is 12.4 Å². The standard InChI is InChI=1S/C16H23N3O2.ClH/c1-2-7-13(17)15(20)18-14-10-6-11-19(16(14)21)12-8-4-3-5-9-12;/h3-5,8-9,13-14H,2,6-7,10-11,17H2,1H3,(H,18,20);1H. The third kappa shape index (κ3) is 4.45. The van der Waals surface area contributed by atoms with Crippen molar-refractivity contribution in [2.45, 2.75) is 44.7 Å². The summed E-state index contributed by atoms with van der Waals surface area (Å²) >= 11 is 0. The van der Waals surface area contributed by atoms with Crippen molar-refractivity contribution < 1.29 is 9.59 Å². The van der Waals surface area contributed by atoms with Crippen molar-refractivity contribution in [3.63, 3.8) is 0 Å². The fraction of sp³-hybridized carbons (Fsp3) is 0.500. The van der Waals surface area contributed by atoms with Crippen molar-refractivity contribution in [1.29, 1.82) is 0 Å². The van der Waals surface area contributed by atoms with Crippen LogP contribution in [0.5, 0.6) is 0 Å². The Morgan fingerprint density at radius 2 is 2.09 bits per heavy atom. The highest BCUT2D eigenvalue weighted by atomic mass is 35.5. The van der Waals surface area contributed by atoms with Gasteiger partial charge in [0.2, 0.25) is 11.8 Å². The number of rotatable bonds is 5. The lowest BCUT2D eigenvalue weighted by Crippen LogP contribution is -2.55. The highest BCUT2D eigenvalue weighted by molar-refractivity contribution is 6.00. The number of halogens is 1. The second-order valence-electron chi connectivity index (χ2n) is 5.42. The van der Waals surface area contributed by atoms with E-state index in [4.69, 9.17) is 5.73 Å². The van der Waals surface area contributed by atoms with Gasteiger partial charge in [0.1, 0.15) is 6.04 Å². The van der Waals surface area contributed by atoms with Gasteiger partial charge in [-0.2, -0.15) is 0 Å². The van der Waals surface area contributed by atoms with Crippen LogP contribution in [0.3, 0.4) is 0 Å². The zero-order valence-corrected chi connectivity index (χ0v) is 13.6. The highest BCUT2D eigenvalue weighted by Crippen LogP contribution is 2.20. The number of anilines is 1. The second-order valence-corrected chi connectivity index (χ2v) is 5.42. The van der Waals surface area contributed by atoms with Gasteiger partial charge < -0.3 is 16.0 Å². The Morgan fingerprint density at radius 1 is 1.41 bits per heavy atom. The zero-order chi connectivity index (χ0) is 15.2. The first-order valence-electron chi connectivity index (χ1n) is 7.56. The fourth-order valence-electron chi connectivity index (χ4n) is 2.59. The van der Waals surface area contributed by atoms with Crippen molar-refractivity contribution in [2.24, 2.45) is 5.73 Å². The Hall–Kier alpha value is -1.59. The Balaban J connectivity index is 0.00000242. The quantitative estimate of drug-likeness (QED) is 0.867. The Kier molecular flexibility index (Phi) is 7.35. The molecule has 2 amide bonds. The molecule has 1 aliphatic rings. The first kappa shape index (κ1) is 18.5. The van der Waals surface area contributed by atoms with Gasteiger partial charge in [-0.1, -0.05) is 31.5 Å². The molecule has 1 heterocycles. The van der Waals surface area contributed by atoms with Crippen LogP contribution in [0.1, 0.15) is 32.6 Å². The van der Waals surface area contributed by atoms with Gasteiger partial charge in [0, 0.05) is 12.2 Å². The lowest BCUT2D eigenvalue weighted by molar-refractivity contribution is -0.129. The molecule has 1 fully saturated rings. The first-order chi connectivity index (χ1) is 10.1. The maximum atomic E-state index is 12.5. The number of nitrogens with zero attached hydrogens (tertiary/aromatic N) is 1. The number of carbonyl (C=O) groups is 2. The number of nitrogens with one attached hydrogen (secondary N) is 1. The average Bonchev–Trinajstić information content (AvgIpc) is 2.50. The molecule has 2 rings (SSSR count). The van der Waals surface area contributed by atoms with Gasteiger partial charge in [0.05, 0.1) is 6.04 Å². The van der Waals surface area contributed by atoms with Gasteiger partial charge >= 0.3 is 0 Å². The molecule has 3 N–H and O–H groups in total. The molecule has 1 aromatic carbocycles. The van der Waals surface area contributed by atoms with Gasteiger partial charge in [0.25, 0.3) is 0 Å². The van der Waals surface area contributed by atoms with E-state index in [1.54, 1.807) is 4.90 Å². The van der Waals surface area contributed by atoms with Gasteiger partial charge in [-0.25, -0.2) is 0 Å². The van der Waals surface area contributed by atoms with E-state index in [0.29, 0.717) is 19.4 Å². The number of nitrogens with two attached hydrogens (primary N) is 1. The van der Waals surface area contributed by atoms with E-state index in [2.05, 4.69) is 5.32 Å². The topological polar surface area (TPSA) is 75.4 Å². The molecule has 0 aliphatic carbocycles. The van der Waals surface area contributed by atoms with Crippen LogP contribution in [0, 0.1) is 0 Å². The molecule has 1 aliphatic heterocycles. The van der Waals surface area contributed by atoms with E-state index in [9.17, 15) is 9.59 Å². The predicted octanol–water partition coefficient (Wildman–Crippen LogP) is 1.85. The van der Waals surface area contributed by atoms with E-state index in [0.717, 1.165) is 18.5 Å². The van der Waals surface area contributed by atoms with Gasteiger partial charge in [-0.05, 0) is 31.4 Å². The summed E-state index contributed by atoms with van der Waals surface area (Å²) < 4.78 is 0. The summed E-state index contributed by atoms with van der Waals surface area (Å²) in [5, 5.41) is 2.80. The van der Waals surface area contributed by atoms with Crippen LogP contribution in [0.25, 0.3) is 0 Å². The van der Waals surface area contributed by atoms with E-state index in [1.807, 2.05) is 37.3 Å². The minimum Gasteiger partial charge on any atom is -0.343 e. The number of hydrogen-bond donors (Lipinski definition) is 2. The minimum atomic E-state index is -0.532. The summed E-state index contributed by atoms with van der Waals surface area (Å²) in [5.74, 6) is -0.283. The first-order valence-corrected chi connectivity index (χ1v) is 7.56. The van der Waals surface area contributed by atoms with Gasteiger partial charge in [0.15, 0.2) is 0 Å². The lowest BCUT2D eigenvalue weighted by atomic mass is 10.0. The molecular formula is C16H24ClN3O2. The van der Waals surface area contributed by atoms with E-state index in [1.165, 1.54) is 0 Å². The predicted molar refractivity (Wildman–Crippen MR) is 90.1 cm³/mol. The molecule has 122 valence electrons. The van der Waals surface area contributed by atoms with Crippen molar-refractivity contribution >= 4 is 29.9 Å². The van der Waals surface area contributed by atoms with Crippen molar-refractivity contribution in [2.75, 3.05) is 11.4 Å². The SMILES string of the molecule is CCCC(N)C(=O)NC1CCCN(c2ccccc2)C1=O.Cl. The van der Waals surface area contributed by atoms with Crippen molar-refractivity contribution in [3.05, 3.63) is 30.3 Å². The maximum absolute atomic E-state index is 12.5. The number of benzene rings is 1. The van der Waals surface area contributed by atoms with E-state index < -0.39 is 12.1 Å². The number of piperidine rings is 1. The summed E-state index contributed by atoms with van der Waals surface area (Å²) in [5.41, 5.74) is 6.67. The number of amides is 2. The van der Waals surface area contributed by atoms with E-state index >= 15 is 0 Å². The van der Waals surface area contributed by atoms with Crippen LogP contribution in [-0.2, 0) is 9.59 Å². The maximum Gasteiger partial charge on any atom is 0.249 e. The molecule has 5 nitrogen and oxygen atoms in total. The molecular weight excluding hydrogens is 302 g/mol. The van der Waals surface area contributed by atoms with Crippen LogP contribution >= 0.6 is 12.4 Å². The van der Waals surface area contributed by atoms with Crippen LogP contribution < -0.4 is 16.0 Å². The number of hydrogen-bond acceptors (Lipinski definition) is 3. The minimum absolute atomic E-state index is 0. The number of carbonyl (C=O) groups excluding carboxylic acids is 2. The Bertz CT molecular complexity index is 495. The van der Waals surface area contributed by atoms with Crippen molar-refractivity contribution in [1.82, 2.24) is 5.32 Å². The van der Waals surface area contributed by atoms with Crippen molar-refractivity contribution in [3.8, 4) is 0 Å². The molecule has 0 saturated carbocycles. The molecule has 0 aromatic heterocycles. The third-order valence-corrected chi connectivity index (χ3v) is 3.76. The Labute approximate surface area is 137 Å². The van der Waals surface area contributed by atoms with Crippen LogP contribution in [0.2, 0.25) is 0 Å². The molecule has 6 heteroatoms. The molecule has 2 unspecified atom stereocenters. The summed E-state index contributed by atoms with van der Waals surface area (Å²) in [6.45, 7) is 2.67. The summed E-state index contributed by atoms with van der Waals surface area (Å²) in [4.78, 5) is 26.2. The number of para-hydroxylation sites is 1. The second kappa shape index (κ2) is 8.76. The molecule has 0 radical (unpaired) electrons. The average molecular weight is 326 g/mol. The summed E-state index contributed by atoms with van der Waals surface area (Å²) in [6, 6.07) is 8.55. The van der Waals surface area contributed by atoms with Crippen LogP contribution in [-0.4, -0.2) is 30.4 Å². The molecule has 0 spiro atoms. The Morgan fingerprint density at radius 3 is 2.73 bits per heavy atom. The fourth-order valence-corrected chi connectivity index (χ4v) is 2.59. The smallest absolute Gasteiger partial charge is 0.249 e. The van der Waals surface area contributed by atoms with Crippen LogP contribution in [0.4, 0.5) is 5.69 Å². The molecule has 0 bridgehead atoms.